The van der Waals surface area contributed by atoms with Gasteiger partial charge in [-0.1, -0.05) is 0 Å². The fraction of sp³-hybridized carbons (Fsp3) is 0.526. The second kappa shape index (κ2) is 7.45. The van der Waals surface area contributed by atoms with Gasteiger partial charge in [0.2, 0.25) is 0 Å². The highest BCUT2D eigenvalue weighted by molar-refractivity contribution is 5.90. The molecule has 1 amide bonds. The summed E-state index contributed by atoms with van der Waals surface area (Å²) in [5.41, 5.74) is 1.41. The highest BCUT2D eigenvalue weighted by atomic mass is 16.6. The lowest BCUT2D eigenvalue weighted by Gasteiger charge is -2.26. The van der Waals surface area contributed by atoms with Crippen LogP contribution in [0.4, 0.5) is 10.5 Å². The SMILES string of the molecule is CC(C)(C)OC(=O)Nc1ccc2c(ccn2CCN2CCOCC2)c1. The Morgan fingerprint density at radius 3 is 2.68 bits per heavy atom. The molecular weight excluding hydrogens is 318 g/mol. The van der Waals surface area contributed by atoms with Crippen LogP contribution in [0.2, 0.25) is 0 Å². The van der Waals surface area contributed by atoms with E-state index in [1.165, 1.54) is 5.52 Å². The van der Waals surface area contributed by atoms with Crippen molar-refractivity contribution in [1.82, 2.24) is 9.47 Å². The van der Waals surface area contributed by atoms with E-state index in [0.717, 1.165) is 50.5 Å². The summed E-state index contributed by atoms with van der Waals surface area (Å²) in [4.78, 5) is 14.3. The van der Waals surface area contributed by atoms with Crippen molar-refractivity contribution < 1.29 is 14.3 Å². The number of morpholine rings is 1. The molecule has 1 aromatic heterocycles. The van der Waals surface area contributed by atoms with Crippen LogP contribution in [0.25, 0.3) is 10.9 Å². The monoisotopic (exact) mass is 345 g/mol. The highest BCUT2D eigenvalue weighted by Gasteiger charge is 2.16. The number of carbonyl (C=O) groups is 1. The van der Waals surface area contributed by atoms with E-state index in [0.29, 0.717) is 0 Å². The Morgan fingerprint density at radius 1 is 1.20 bits per heavy atom. The normalized spacial score (nSPS) is 16.1. The Labute approximate surface area is 148 Å². The first kappa shape index (κ1) is 17.8. The van der Waals surface area contributed by atoms with Gasteiger partial charge in [-0.25, -0.2) is 4.79 Å². The zero-order valence-corrected chi connectivity index (χ0v) is 15.2. The molecule has 136 valence electrons. The third kappa shape index (κ3) is 4.96. The van der Waals surface area contributed by atoms with Gasteiger partial charge in [0.05, 0.1) is 13.2 Å². The number of nitrogens with one attached hydrogen (secondary N) is 1. The minimum absolute atomic E-state index is 0.432. The van der Waals surface area contributed by atoms with Gasteiger partial charge in [0.1, 0.15) is 5.60 Å². The Kier molecular flexibility index (Phi) is 5.30. The van der Waals surface area contributed by atoms with Crippen LogP contribution in [0.3, 0.4) is 0 Å². The molecule has 0 radical (unpaired) electrons. The Hall–Kier alpha value is -2.05. The van der Waals surface area contributed by atoms with Crippen LogP contribution in [0.5, 0.6) is 0 Å². The topological polar surface area (TPSA) is 55.7 Å². The number of hydrogen-bond acceptors (Lipinski definition) is 4. The molecular formula is C19H27N3O3. The number of rotatable bonds is 4. The molecule has 3 rings (SSSR count). The number of aromatic nitrogens is 1. The van der Waals surface area contributed by atoms with Gasteiger partial charge in [-0.3, -0.25) is 10.2 Å². The molecule has 6 heteroatoms. The second-order valence-corrected chi connectivity index (χ2v) is 7.36. The Bertz CT molecular complexity index is 727. The van der Waals surface area contributed by atoms with E-state index >= 15 is 0 Å². The van der Waals surface area contributed by atoms with E-state index in [1.807, 2.05) is 39.0 Å². The van der Waals surface area contributed by atoms with Crippen molar-refractivity contribution in [3.63, 3.8) is 0 Å². The Balaban J connectivity index is 1.63. The van der Waals surface area contributed by atoms with Gasteiger partial charge in [0, 0.05) is 49.0 Å². The quantitative estimate of drug-likeness (QED) is 0.923. The van der Waals surface area contributed by atoms with Gasteiger partial charge in [-0.2, -0.15) is 0 Å². The summed E-state index contributed by atoms with van der Waals surface area (Å²) >= 11 is 0. The molecule has 1 N–H and O–H groups in total. The van der Waals surface area contributed by atoms with Crippen molar-refractivity contribution in [3.05, 3.63) is 30.5 Å². The molecule has 1 fully saturated rings. The predicted molar refractivity (Wildman–Crippen MR) is 99.1 cm³/mol. The number of benzene rings is 1. The summed E-state index contributed by atoms with van der Waals surface area (Å²) in [7, 11) is 0. The molecule has 0 saturated carbocycles. The van der Waals surface area contributed by atoms with Crippen molar-refractivity contribution in [3.8, 4) is 0 Å². The molecule has 0 unspecified atom stereocenters. The van der Waals surface area contributed by atoms with Crippen molar-refractivity contribution in [2.45, 2.75) is 32.9 Å². The largest absolute Gasteiger partial charge is 0.444 e. The summed E-state index contributed by atoms with van der Waals surface area (Å²) < 4.78 is 12.9. The predicted octanol–water partition coefficient (Wildman–Crippen LogP) is 3.32. The number of ether oxygens (including phenoxy) is 2. The summed E-state index contributed by atoms with van der Waals surface area (Å²) in [6.45, 7) is 11.2. The summed E-state index contributed by atoms with van der Waals surface area (Å²) in [6.07, 6.45) is 1.67. The lowest BCUT2D eigenvalue weighted by atomic mass is 10.2. The second-order valence-electron chi connectivity index (χ2n) is 7.36. The van der Waals surface area contributed by atoms with E-state index in [1.54, 1.807) is 0 Å². The molecule has 1 aliphatic heterocycles. The van der Waals surface area contributed by atoms with Crippen LogP contribution in [0, 0.1) is 0 Å². The maximum absolute atomic E-state index is 11.9. The van der Waals surface area contributed by atoms with E-state index < -0.39 is 11.7 Å². The fourth-order valence-corrected chi connectivity index (χ4v) is 2.97. The van der Waals surface area contributed by atoms with Gasteiger partial charge < -0.3 is 14.0 Å². The number of nitrogens with zero attached hydrogens (tertiary/aromatic N) is 2. The van der Waals surface area contributed by atoms with Gasteiger partial charge in [-0.05, 0) is 45.0 Å². The van der Waals surface area contributed by atoms with E-state index in [4.69, 9.17) is 9.47 Å². The average molecular weight is 345 g/mol. The lowest BCUT2D eigenvalue weighted by molar-refractivity contribution is 0.0365. The van der Waals surface area contributed by atoms with Crippen molar-refractivity contribution in [2.24, 2.45) is 0 Å². The zero-order valence-electron chi connectivity index (χ0n) is 15.2. The smallest absolute Gasteiger partial charge is 0.412 e. The molecule has 0 spiro atoms. The maximum atomic E-state index is 11.9. The van der Waals surface area contributed by atoms with Crippen molar-refractivity contribution in [2.75, 3.05) is 38.2 Å². The van der Waals surface area contributed by atoms with Gasteiger partial charge in [0.15, 0.2) is 0 Å². The molecule has 1 aromatic carbocycles. The minimum Gasteiger partial charge on any atom is -0.444 e. The third-order valence-electron chi connectivity index (χ3n) is 4.18. The first-order valence-electron chi connectivity index (χ1n) is 8.80. The van der Waals surface area contributed by atoms with Gasteiger partial charge in [0.25, 0.3) is 0 Å². The number of anilines is 1. The van der Waals surface area contributed by atoms with Crippen molar-refractivity contribution in [1.29, 1.82) is 0 Å². The number of hydrogen-bond donors (Lipinski definition) is 1. The zero-order chi connectivity index (χ0) is 17.9. The standard InChI is InChI=1S/C19H27N3O3/c1-19(2,3)25-18(23)20-16-4-5-17-15(14-16)6-7-22(17)9-8-21-10-12-24-13-11-21/h4-7,14H,8-13H2,1-3H3,(H,20,23). The van der Waals surface area contributed by atoms with E-state index in [2.05, 4.69) is 27.0 Å². The molecule has 1 saturated heterocycles. The summed E-state index contributed by atoms with van der Waals surface area (Å²) in [5.74, 6) is 0. The van der Waals surface area contributed by atoms with Crippen molar-refractivity contribution >= 4 is 22.7 Å². The van der Waals surface area contributed by atoms with Crippen LogP contribution in [0.15, 0.2) is 30.5 Å². The maximum Gasteiger partial charge on any atom is 0.412 e. The van der Waals surface area contributed by atoms with Crippen LogP contribution in [-0.4, -0.2) is 54.0 Å². The van der Waals surface area contributed by atoms with Gasteiger partial charge in [-0.15, -0.1) is 0 Å². The molecule has 0 bridgehead atoms. The molecule has 2 heterocycles. The first-order chi connectivity index (χ1) is 11.9. The average Bonchev–Trinajstić information content (AvgIpc) is 2.94. The van der Waals surface area contributed by atoms with Crippen LogP contribution >= 0.6 is 0 Å². The molecule has 0 aliphatic carbocycles. The van der Waals surface area contributed by atoms with Crippen LogP contribution in [-0.2, 0) is 16.0 Å². The summed E-state index contributed by atoms with van der Waals surface area (Å²) in [5, 5.41) is 3.90. The van der Waals surface area contributed by atoms with Gasteiger partial charge >= 0.3 is 6.09 Å². The number of fused-ring (bicyclic) bond motifs is 1. The highest BCUT2D eigenvalue weighted by Crippen LogP contribution is 2.21. The van der Waals surface area contributed by atoms with Crippen LogP contribution < -0.4 is 5.32 Å². The molecule has 2 aromatic rings. The summed E-state index contributed by atoms with van der Waals surface area (Å²) in [6, 6.07) is 8.01. The van der Waals surface area contributed by atoms with E-state index in [9.17, 15) is 4.79 Å². The molecule has 0 atom stereocenters. The Morgan fingerprint density at radius 2 is 1.96 bits per heavy atom. The molecule has 6 nitrogen and oxygen atoms in total. The third-order valence-corrected chi connectivity index (χ3v) is 4.18. The fourth-order valence-electron chi connectivity index (χ4n) is 2.97. The van der Waals surface area contributed by atoms with E-state index in [-0.39, 0.29) is 0 Å². The number of carbonyl (C=O) groups excluding carboxylic acids is 1. The lowest BCUT2D eigenvalue weighted by Crippen LogP contribution is -2.38. The minimum atomic E-state index is -0.503. The van der Waals surface area contributed by atoms with Crippen LogP contribution in [0.1, 0.15) is 20.8 Å². The first-order valence-corrected chi connectivity index (χ1v) is 8.80. The number of amides is 1. The molecule has 1 aliphatic rings. The molecule has 25 heavy (non-hydrogen) atoms.